The number of halogens is 3. The number of nitrogens with one attached hydrogen (secondary N) is 1. The molecule has 4 nitrogen and oxygen atoms in total. The van der Waals surface area contributed by atoms with Gasteiger partial charge in [0.05, 0.1) is 21.4 Å². The van der Waals surface area contributed by atoms with Gasteiger partial charge in [-0.2, -0.15) is 5.10 Å². The van der Waals surface area contributed by atoms with Crippen molar-refractivity contribution in [2.24, 2.45) is 0 Å². The van der Waals surface area contributed by atoms with Crippen molar-refractivity contribution in [1.29, 1.82) is 0 Å². The van der Waals surface area contributed by atoms with Gasteiger partial charge < -0.3 is 5.32 Å². The minimum absolute atomic E-state index is 0.499. The summed E-state index contributed by atoms with van der Waals surface area (Å²) >= 11 is 16.2. The molecule has 0 amide bonds. The lowest BCUT2D eigenvalue weighted by Crippen LogP contribution is -2.07. The SMILES string of the molecule is Clc1cccc(-n2nc(-c3cncc(Br)c3)c3c2NCCCC3)c1Cl. The molecule has 1 aliphatic rings. The van der Waals surface area contributed by atoms with E-state index in [9.17, 15) is 0 Å². The molecule has 128 valence electrons. The number of rotatable bonds is 2. The summed E-state index contributed by atoms with van der Waals surface area (Å²) in [6.45, 7) is 0.910. The summed E-state index contributed by atoms with van der Waals surface area (Å²) in [4.78, 5) is 4.28. The van der Waals surface area contributed by atoms with Gasteiger partial charge in [-0.15, -0.1) is 0 Å². The van der Waals surface area contributed by atoms with E-state index in [1.807, 2.05) is 29.1 Å². The zero-order valence-corrected chi connectivity index (χ0v) is 16.4. The van der Waals surface area contributed by atoms with Crippen molar-refractivity contribution < 1.29 is 0 Å². The topological polar surface area (TPSA) is 42.7 Å². The fraction of sp³-hybridized carbons (Fsp3) is 0.222. The molecule has 3 heterocycles. The molecule has 0 spiro atoms. The number of nitrogens with zero attached hydrogens (tertiary/aromatic N) is 3. The maximum Gasteiger partial charge on any atom is 0.133 e. The van der Waals surface area contributed by atoms with Crippen LogP contribution in [0.1, 0.15) is 18.4 Å². The Kier molecular flexibility index (Phi) is 4.71. The van der Waals surface area contributed by atoms with Crippen molar-refractivity contribution in [3.8, 4) is 16.9 Å². The molecule has 2 aromatic heterocycles. The first kappa shape index (κ1) is 16.9. The van der Waals surface area contributed by atoms with E-state index in [0.717, 1.165) is 53.0 Å². The largest absolute Gasteiger partial charge is 0.370 e. The highest BCUT2D eigenvalue weighted by Gasteiger charge is 2.23. The normalized spacial score (nSPS) is 13.9. The van der Waals surface area contributed by atoms with Crippen LogP contribution < -0.4 is 5.32 Å². The van der Waals surface area contributed by atoms with Crippen LogP contribution in [-0.2, 0) is 6.42 Å². The summed E-state index contributed by atoms with van der Waals surface area (Å²) in [7, 11) is 0. The number of hydrogen-bond donors (Lipinski definition) is 1. The number of pyridine rings is 1. The molecule has 0 saturated carbocycles. The fourth-order valence-corrected chi connectivity index (χ4v) is 3.85. The van der Waals surface area contributed by atoms with Gasteiger partial charge in [0.15, 0.2) is 0 Å². The smallest absolute Gasteiger partial charge is 0.133 e. The maximum absolute atomic E-state index is 6.45. The third-order valence-electron chi connectivity index (χ3n) is 4.27. The molecule has 0 bridgehead atoms. The van der Waals surface area contributed by atoms with E-state index < -0.39 is 0 Å². The van der Waals surface area contributed by atoms with Gasteiger partial charge in [-0.25, -0.2) is 4.68 Å². The second-order valence-corrected chi connectivity index (χ2v) is 7.64. The molecule has 7 heteroatoms. The van der Waals surface area contributed by atoms with Gasteiger partial charge in [-0.1, -0.05) is 29.3 Å². The molecule has 1 aromatic carbocycles. The van der Waals surface area contributed by atoms with Crippen molar-refractivity contribution >= 4 is 44.9 Å². The summed E-state index contributed by atoms with van der Waals surface area (Å²) in [5.41, 5.74) is 3.86. The molecule has 3 aromatic rings. The summed E-state index contributed by atoms with van der Waals surface area (Å²) in [6.07, 6.45) is 6.80. The highest BCUT2D eigenvalue weighted by atomic mass is 79.9. The van der Waals surface area contributed by atoms with Gasteiger partial charge in [0.25, 0.3) is 0 Å². The van der Waals surface area contributed by atoms with E-state index in [-0.39, 0.29) is 0 Å². The predicted molar refractivity (Wildman–Crippen MR) is 106 cm³/mol. The van der Waals surface area contributed by atoms with E-state index in [1.54, 1.807) is 12.3 Å². The van der Waals surface area contributed by atoms with Crippen molar-refractivity contribution in [3.05, 3.63) is 56.7 Å². The number of aromatic nitrogens is 3. The number of fused-ring (bicyclic) bond motifs is 1. The molecular weight excluding hydrogens is 423 g/mol. The second kappa shape index (κ2) is 6.98. The highest BCUT2D eigenvalue weighted by molar-refractivity contribution is 9.10. The van der Waals surface area contributed by atoms with Gasteiger partial charge in [0, 0.05) is 34.5 Å². The van der Waals surface area contributed by atoms with E-state index >= 15 is 0 Å². The van der Waals surface area contributed by atoms with Crippen LogP contribution in [0.25, 0.3) is 16.9 Å². The molecule has 4 rings (SSSR count). The first-order chi connectivity index (χ1) is 12.1. The first-order valence-corrected chi connectivity index (χ1v) is 9.61. The average molecular weight is 438 g/mol. The quantitative estimate of drug-likeness (QED) is 0.554. The summed E-state index contributed by atoms with van der Waals surface area (Å²) in [6, 6.07) is 7.62. The van der Waals surface area contributed by atoms with Gasteiger partial charge >= 0.3 is 0 Å². The molecule has 0 saturated heterocycles. The monoisotopic (exact) mass is 436 g/mol. The lowest BCUT2D eigenvalue weighted by molar-refractivity contribution is 0.780. The Morgan fingerprint density at radius 3 is 2.88 bits per heavy atom. The number of hydrogen-bond acceptors (Lipinski definition) is 3. The second-order valence-electron chi connectivity index (χ2n) is 5.94. The number of benzene rings is 1. The Morgan fingerprint density at radius 1 is 1.16 bits per heavy atom. The molecule has 0 unspecified atom stereocenters. The summed E-state index contributed by atoms with van der Waals surface area (Å²) in [5, 5.41) is 9.39. The Balaban J connectivity index is 1.95. The lowest BCUT2D eigenvalue weighted by atomic mass is 10.1. The van der Waals surface area contributed by atoms with E-state index in [4.69, 9.17) is 28.3 Å². The molecule has 25 heavy (non-hydrogen) atoms. The zero-order valence-electron chi connectivity index (χ0n) is 13.3. The van der Waals surface area contributed by atoms with E-state index in [1.165, 1.54) is 5.56 Å². The molecular formula is C18H15BrCl2N4. The Morgan fingerprint density at radius 2 is 2.04 bits per heavy atom. The lowest BCUT2D eigenvalue weighted by Gasteiger charge is -2.11. The maximum atomic E-state index is 6.45. The standard InChI is InChI=1S/C18H15BrCl2N4/c19-12-8-11(9-22-10-12)17-13-4-1-2-7-23-18(13)25(24-17)15-6-3-5-14(20)16(15)21/h3,5-6,8-10,23H,1-2,4,7H2. The summed E-state index contributed by atoms with van der Waals surface area (Å²) in [5.74, 6) is 0.983. The number of anilines is 1. The van der Waals surface area contributed by atoms with Gasteiger partial charge in [0.2, 0.25) is 0 Å². The van der Waals surface area contributed by atoms with Crippen molar-refractivity contribution in [2.75, 3.05) is 11.9 Å². The molecule has 0 aliphatic carbocycles. The van der Waals surface area contributed by atoms with Gasteiger partial charge in [-0.05, 0) is 53.4 Å². The van der Waals surface area contributed by atoms with Crippen LogP contribution in [0.2, 0.25) is 10.0 Å². The molecule has 0 fully saturated rings. The van der Waals surface area contributed by atoms with E-state index in [0.29, 0.717) is 10.0 Å². The zero-order chi connectivity index (χ0) is 17.4. The molecule has 0 atom stereocenters. The van der Waals surface area contributed by atoms with Gasteiger partial charge in [-0.3, -0.25) is 4.98 Å². The highest BCUT2D eigenvalue weighted by Crippen LogP contribution is 2.37. The molecule has 1 N–H and O–H groups in total. The van der Waals surface area contributed by atoms with Crippen LogP contribution in [0.15, 0.2) is 41.1 Å². The summed E-state index contributed by atoms with van der Waals surface area (Å²) < 4.78 is 2.79. The molecule has 1 aliphatic heterocycles. The van der Waals surface area contributed by atoms with Crippen LogP contribution in [0.4, 0.5) is 5.82 Å². The minimum Gasteiger partial charge on any atom is -0.370 e. The minimum atomic E-state index is 0.499. The van der Waals surface area contributed by atoms with Crippen LogP contribution in [0, 0.1) is 0 Å². The van der Waals surface area contributed by atoms with Crippen LogP contribution >= 0.6 is 39.1 Å². The van der Waals surface area contributed by atoms with Gasteiger partial charge in [0.1, 0.15) is 5.82 Å². The Bertz CT molecular complexity index is 939. The fourth-order valence-electron chi connectivity index (χ4n) is 3.11. The van der Waals surface area contributed by atoms with Crippen molar-refractivity contribution in [1.82, 2.24) is 14.8 Å². The van der Waals surface area contributed by atoms with Crippen molar-refractivity contribution in [3.63, 3.8) is 0 Å². The third kappa shape index (κ3) is 3.16. The van der Waals surface area contributed by atoms with Crippen LogP contribution in [0.5, 0.6) is 0 Å². The van der Waals surface area contributed by atoms with Crippen LogP contribution in [0.3, 0.4) is 0 Å². The van der Waals surface area contributed by atoms with Crippen LogP contribution in [-0.4, -0.2) is 21.3 Å². The third-order valence-corrected chi connectivity index (χ3v) is 5.51. The molecule has 0 radical (unpaired) electrons. The Hall–Kier alpha value is -1.56. The van der Waals surface area contributed by atoms with Crippen molar-refractivity contribution in [2.45, 2.75) is 19.3 Å². The Labute approximate surface area is 164 Å². The first-order valence-electron chi connectivity index (χ1n) is 8.06. The van der Waals surface area contributed by atoms with E-state index in [2.05, 4.69) is 26.2 Å². The predicted octanol–water partition coefficient (Wildman–Crippen LogP) is 5.75. The average Bonchev–Trinajstić information content (AvgIpc) is 2.79.